The fraction of sp³-hybridized carbons (Fsp3) is 0.200. The van der Waals surface area contributed by atoms with E-state index in [9.17, 15) is 18.0 Å². The Morgan fingerprint density at radius 1 is 1.07 bits per heavy atom. The maximum absolute atomic E-state index is 12.9. The highest BCUT2D eigenvalue weighted by Crippen LogP contribution is 2.30. The van der Waals surface area contributed by atoms with Gasteiger partial charge in [0.1, 0.15) is 0 Å². The summed E-state index contributed by atoms with van der Waals surface area (Å²) in [5, 5.41) is 8.65. The number of aromatic nitrogens is 2. The Morgan fingerprint density at radius 2 is 1.68 bits per heavy atom. The second kappa shape index (κ2) is 6.40. The van der Waals surface area contributed by atoms with E-state index in [0.29, 0.717) is 18.8 Å². The lowest BCUT2D eigenvalue weighted by Crippen LogP contribution is -2.52. The van der Waals surface area contributed by atoms with Gasteiger partial charge in [-0.2, -0.15) is 13.2 Å². The Morgan fingerprint density at radius 3 is 2.25 bits per heavy atom. The minimum Gasteiger partial charge on any atom is -0.335 e. The lowest BCUT2D eigenvalue weighted by atomic mass is 10.1. The number of nitrogens with one attached hydrogen (secondary N) is 1. The van der Waals surface area contributed by atoms with Gasteiger partial charge in [0.25, 0.3) is 0 Å². The number of benzene rings is 2. The number of likely N-dealkylation sites (tertiary alicyclic amines) is 1. The van der Waals surface area contributed by atoms with Crippen LogP contribution >= 0.6 is 0 Å². The molecule has 28 heavy (non-hydrogen) atoms. The van der Waals surface area contributed by atoms with Gasteiger partial charge in [0.2, 0.25) is 11.5 Å². The molecule has 0 saturated carbocycles. The smallest absolute Gasteiger partial charge is 0.335 e. The molecule has 5 nitrogen and oxygen atoms in total. The first-order chi connectivity index (χ1) is 13.3. The van der Waals surface area contributed by atoms with Crippen LogP contribution in [0.2, 0.25) is 0 Å². The summed E-state index contributed by atoms with van der Waals surface area (Å²) in [6.45, 7) is 4.40. The first-order valence-electron chi connectivity index (χ1n) is 8.67. The van der Waals surface area contributed by atoms with Crippen LogP contribution in [0.25, 0.3) is 16.7 Å². The molecule has 0 bridgehead atoms. The molecule has 1 aliphatic rings. The average molecular weight is 386 g/mol. The van der Waals surface area contributed by atoms with Gasteiger partial charge in [0.05, 0.1) is 22.6 Å². The van der Waals surface area contributed by atoms with Crippen LogP contribution in [0.4, 0.5) is 13.2 Å². The third kappa shape index (κ3) is 2.81. The Balaban J connectivity index is 1.79. The molecule has 0 unspecified atom stereocenters. The predicted octanol–water partition coefficient (Wildman–Crippen LogP) is 3.50. The van der Waals surface area contributed by atoms with Crippen molar-refractivity contribution in [3.63, 3.8) is 0 Å². The molecule has 4 rings (SSSR count). The third-order valence-electron chi connectivity index (χ3n) is 4.99. The van der Waals surface area contributed by atoms with Crippen LogP contribution in [0.15, 0.2) is 61.2 Å². The van der Waals surface area contributed by atoms with Crippen molar-refractivity contribution in [2.45, 2.75) is 12.2 Å². The van der Waals surface area contributed by atoms with Crippen molar-refractivity contribution in [1.29, 1.82) is 5.41 Å². The lowest BCUT2D eigenvalue weighted by Gasteiger charge is -2.39. The van der Waals surface area contributed by atoms with Gasteiger partial charge in [0.15, 0.2) is 0 Å². The monoisotopic (exact) mass is 386 g/mol. The molecule has 0 radical (unpaired) electrons. The standard InChI is InChI=1S/C20H17F3N4O/c1-2-18(28)25-11-15(12-25)27-17-6-4-3-5-16(17)26(19(27)24)14-9-7-13(8-10-14)20(21,22)23/h2-10,15,24H,1,11-12H2. The Hall–Kier alpha value is -3.29. The second-order valence-electron chi connectivity index (χ2n) is 6.66. The van der Waals surface area contributed by atoms with Crippen molar-refractivity contribution >= 4 is 16.9 Å². The van der Waals surface area contributed by atoms with Crippen LogP contribution in [0.1, 0.15) is 11.6 Å². The minimum atomic E-state index is -4.41. The number of alkyl halides is 3. The number of carbonyl (C=O) groups excluding carboxylic acids is 1. The zero-order chi connectivity index (χ0) is 20.1. The number of rotatable bonds is 3. The van der Waals surface area contributed by atoms with Crippen LogP contribution in [0.5, 0.6) is 0 Å². The van der Waals surface area contributed by atoms with Gasteiger partial charge in [-0.15, -0.1) is 0 Å². The molecule has 1 saturated heterocycles. The van der Waals surface area contributed by atoms with E-state index >= 15 is 0 Å². The summed E-state index contributed by atoms with van der Waals surface area (Å²) in [7, 11) is 0. The highest BCUT2D eigenvalue weighted by atomic mass is 19.4. The van der Waals surface area contributed by atoms with Crippen LogP contribution in [-0.2, 0) is 11.0 Å². The zero-order valence-corrected chi connectivity index (χ0v) is 14.8. The van der Waals surface area contributed by atoms with Gasteiger partial charge in [-0.1, -0.05) is 18.7 Å². The number of fused-ring (bicyclic) bond motifs is 1. The summed E-state index contributed by atoms with van der Waals surface area (Å²) < 4.78 is 42.0. The number of para-hydroxylation sites is 2. The van der Waals surface area contributed by atoms with Crippen LogP contribution in [0.3, 0.4) is 0 Å². The Labute approximate surface area is 158 Å². The average Bonchev–Trinajstić information content (AvgIpc) is 2.92. The molecule has 3 aromatic rings. The van der Waals surface area contributed by atoms with Crippen molar-refractivity contribution in [2.75, 3.05) is 13.1 Å². The fourth-order valence-electron chi connectivity index (χ4n) is 3.55. The van der Waals surface area contributed by atoms with E-state index in [-0.39, 0.29) is 17.6 Å². The van der Waals surface area contributed by atoms with Crippen molar-refractivity contribution in [2.24, 2.45) is 0 Å². The first kappa shape index (κ1) is 18.1. The predicted molar refractivity (Wildman–Crippen MR) is 97.9 cm³/mol. The number of nitrogens with zero attached hydrogens (tertiary/aromatic N) is 3. The van der Waals surface area contributed by atoms with Gasteiger partial charge >= 0.3 is 6.18 Å². The molecular formula is C20H17F3N4O. The van der Waals surface area contributed by atoms with E-state index in [2.05, 4.69) is 6.58 Å². The molecule has 2 aromatic carbocycles. The van der Waals surface area contributed by atoms with E-state index in [1.165, 1.54) is 18.2 Å². The van der Waals surface area contributed by atoms with Gasteiger partial charge in [-0.05, 0) is 42.5 Å². The van der Waals surface area contributed by atoms with E-state index in [4.69, 9.17) is 5.41 Å². The molecule has 1 amide bonds. The van der Waals surface area contributed by atoms with Crippen LogP contribution < -0.4 is 5.62 Å². The lowest BCUT2D eigenvalue weighted by molar-refractivity contribution is -0.137. The number of carbonyl (C=O) groups is 1. The second-order valence-corrected chi connectivity index (χ2v) is 6.66. The summed E-state index contributed by atoms with van der Waals surface area (Å²) in [6.07, 6.45) is -3.15. The van der Waals surface area contributed by atoms with Crippen molar-refractivity contribution in [3.05, 3.63) is 72.4 Å². The Bertz CT molecular complexity index is 1120. The molecule has 0 aliphatic carbocycles. The SMILES string of the molecule is C=CC(=O)N1CC(n2c(=N)n(-c3ccc(C(F)(F)F)cc3)c3ccccc32)C1. The third-order valence-corrected chi connectivity index (χ3v) is 4.99. The summed E-state index contributed by atoms with van der Waals surface area (Å²) >= 11 is 0. The van der Waals surface area contributed by atoms with Gasteiger partial charge in [-0.3, -0.25) is 14.8 Å². The van der Waals surface area contributed by atoms with Crippen LogP contribution in [-0.4, -0.2) is 33.0 Å². The van der Waals surface area contributed by atoms with Crippen LogP contribution in [0, 0.1) is 5.41 Å². The number of halogens is 3. The molecule has 144 valence electrons. The topological polar surface area (TPSA) is 54.0 Å². The van der Waals surface area contributed by atoms with E-state index in [1.54, 1.807) is 9.47 Å². The number of hydrogen-bond donors (Lipinski definition) is 1. The number of hydrogen-bond acceptors (Lipinski definition) is 2. The van der Waals surface area contributed by atoms with Crippen molar-refractivity contribution in [1.82, 2.24) is 14.0 Å². The van der Waals surface area contributed by atoms with Gasteiger partial charge < -0.3 is 9.47 Å². The van der Waals surface area contributed by atoms with E-state index < -0.39 is 11.7 Å². The fourth-order valence-corrected chi connectivity index (χ4v) is 3.55. The minimum absolute atomic E-state index is 0.0722. The van der Waals surface area contributed by atoms with E-state index in [1.807, 2.05) is 28.8 Å². The van der Waals surface area contributed by atoms with E-state index in [0.717, 1.165) is 23.2 Å². The normalized spacial score (nSPS) is 14.9. The molecule has 1 N–H and O–H groups in total. The quantitative estimate of drug-likeness (QED) is 0.689. The molecule has 1 fully saturated rings. The number of imidazole rings is 1. The highest BCUT2D eigenvalue weighted by molar-refractivity contribution is 5.87. The molecule has 0 atom stereocenters. The largest absolute Gasteiger partial charge is 0.416 e. The summed E-state index contributed by atoms with van der Waals surface area (Å²) in [4.78, 5) is 13.3. The van der Waals surface area contributed by atoms with Crippen molar-refractivity contribution < 1.29 is 18.0 Å². The summed E-state index contributed by atoms with van der Waals surface area (Å²) in [6, 6.07) is 12.1. The van der Waals surface area contributed by atoms with Gasteiger partial charge in [-0.25, -0.2) is 0 Å². The number of amides is 1. The molecular weight excluding hydrogens is 369 g/mol. The Kier molecular flexibility index (Phi) is 4.14. The highest BCUT2D eigenvalue weighted by Gasteiger charge is 2.33. The molecule has 1 aliphatic heterocycles. The van der Waals surface area contributed by atoms with Gasteiger partial charge in [0, 0.05) is 18.8 Å². The molecule has 8 heteroatoms. The summed E-state index contributed by atoms with van der Waals surface area (Å²) in [5.74, 6) is -0.158. The maximum atomic E-state index is 12.9. The van der Waals surface area contributed by atoms with Crippen molar-refractivity contribution in [3.8, 4) is 5.69 Å². The molecule has 0 spiro atoms. The summed E-state index contributed by atoms with van der Waals surface area (Å²) in [5.41, 5.74) is 1.41. The zero-order valence-electron chi connectivity index (χ0n) is 14.8. The molecule has 2 heterocycles. The first-order valence-corrected chi connectivity index (χ1v) is 8.67. The molecule has 1 aromatic heterocycles. The maximum Gasteiger partial charge on any atom is 0.416 e.